The van der Waals surface area contributed by atoms with Gasteiger partial charge in [-0.25, -0.2) is 18.1 Å². The van der Waals surface area contributed by atoms with Crippen LogP contribution in [0, 0.1) is 17.0 Å². The van der Waals surface area contributed by atoms with Gasteiger partial charge < -0.3 is 0 Å². The van der Waals surface area contributed by atoms with Crippen LogP contribution in [0.25, 0.3) is 0 Å². The number of nitrogens with one attached hydrogen (secondary N) is 1. The lowest BCUT2D eigenvalue weighted by atomic mass is 10.2. The number of benzene rings is 3. The summed E-state index contributed by atoms with van der Waals surface area (Å²) in [7, 11) is -4.27. The first-order chi connectivity index (χ1) is 15.3. The topological polar surface area (TPSA) is 122 Å². The Labute approximate surface area is 185 Å². The zero-order valence-electron chi connectivity index (χ0n) is 17.1. The second-order valence-electron chi connectivity index (χ2n) is 6.78. The number of rotatable bonds is 8. The Morgan fingerprint density at radius 1 is 1.06 bits per heavy atom. The highest BCUT2D eigenvalue weighted by molar-refractivity contribution is 7.92. The Balaban J connectivity index is 1.91. The van der Waals surface area contributed by atoms with Crippen LogP contribution in [0.5, 0.6) is 0 Å². The second kappa shape index (κ2) is 9.84. The molecule has 0 aliphatic carbocycles. The average Bonchev–Trinajstić information content (AvgIpc) is 2.78. The van der Waals surface area contributed by atoms with Gasteiger partial charge in [-0.3, -0.25) is 14.9 Å². The number of carbonyl (C=O) groups excluding carboxylic acids is 1. The molecule has 0 fully saturated rings. The third-order valence-electron chi connectivity index (χ3n) is 4.41. The van der Waals surface area contributed by atoms with Crippen LogP contribution in [0.3, 0.4) is 0 Å². The summed E-state index contributed by atoms with van der Waals surface area (Å²) in [6.45, 7) is 1.21. The fraction of sp³-hybridized carbons (Fsp3) is 0.0909. The lowest BCUT2D eigenvalue weighted by Gasteiger charge is -2.23. The zero-order chi connectivity index (χ0) is 23.1. The minimum atomic E-state index is -4.27. The van der Waals surface area contributed by atoms with E-state index in [2.05, 4.69) is 10.5 Å². The number of hydrogen-bond donors (Lipinski definition) is 1. The van der Waals surface area contributed by atoms with Crippen LogP contribution in [-0.4, -0.2) is 32.0 Å². The van der Waals surface area contributed by atoms with Crippen molar-refractivity contribution < 1.29 is 18.1 Å². The molecule has 164 valence electrons. The number of sulfonamides is 1. The van der Waals surface area contributed by atoms with E-state index in [1.807, 2.05) is 25.1 Å². The molecule has 3 aromatic carbocycles. The second-order valence-corrected chi connectivity index (χ2v) is 8.64. The molecule has 0 bridgehead atoms. The highest BCUT2D eigenvalue weighted by atomic mass is 32.2. The minimum absolute atomic E-state index is 0.103. The molecule has 0 aromatic heterocycles. The standard InChI is InChI=1S/C22H20N4O5S/c1-17-8-7-9-18(14-17)15-23-24-22(27)16-25(20-12-5-6-13-21(20)26(28)29)32(30,31)19-10-3-2-4-11-19/h2-15H,16H2,1H3,(H,24,27)/b23-15-. The van der Waals surface area contributed by atoms with E-state index in [0.717, 1.165) is 11.1 Å². The molecule has 3 aromatic rings. The molecule has 0 aliphatic rings. The highest BCUT2D eigenvalue weighted by Crippen LogP contribution is 2.31. The number of nitro benzene ring substituents is 1. The van der Waals surface area contributed by atoms with Gasteiger partial charge in [-0.2, -0.15) is 5.10 Å². The van der Waals surface area contributed by atoms with Gasteiger partial charge in [-0.05, 0) is 30.7 Å². The Morgan fingerprint density at radius 2 is 1.75 bits per heavy atom. The van der Waals surface area contributed by atoms with Gasteiger partial charge in [-0.15, -0.1) is 0 Å². The van der Waals surface area contributed by atoms with Gasteiger partial charge in [0.05, 0.1) is 16.0 Å². The third kappa shape index (κ3) is 5.35. The summed E-state index contributed by atoms with van der Waals surface area (Å²) in [5.41, 5.74) is 3.37. The van der Waals surface area contributed by atoms with Crippen LogP contribution in [0.2, 0.25) is 0 Å². The first-order valence-electron chi connectivity index (χ1n) is 9.49. The van der Waals surface area contributed by atoms with Crippen molar-refractivity contribution in [1.29, 1.82) is 0 Å². The monoisotopic (exact) mass is 452 g/mol. The molecular formula is C22H20N4O5S. The van der Waals surface area contributed by atoms with Crippen molar-refractivity contribution in [1.82, 2.24) is 5.43 Å². The van der Waals surface area contributed by atoms with Crippen molar-refractivity contribution in [3.8, 4) is 0 Å². The van der Waals surface area contributed by atoms with Gasteiger partial charge in [-0.1, -0.05) is 60.2 Å². The largest absolute Gasteiger partial charge is 0.293 e. The number of carbonyl (C=O) groups is 1. The molecule has 32 heavy (non-hydrogen) atoms. The van der Waals surface area contributed by atoms with Gasteiger partial charge in [0.25, 0.3) is 21.6 Å². The summed E-state index contributed by atoms with van der Waals surface area (Å²) < 4.78 is 27.2. The van der Waals surface area contributed by atoms with E-state index in [4.69, 9.17) is 0 Å². The van der Waals surface area contributed by atoms with E-state index in [1.165, 1.54) is 54.7 Å². The summed E-state index contributed by atoms with van der Waals surface area (Å²) in [5.74, 6) is -0.758. The summed E-state index contributed by atoms with van der Waals surface area (Å²) in [6, 6.07) is 20.1. The van der Waals surface area contributed by atoms with Gasteiger partial charge in [0.2, 0.25) is 0 Å². The first kappa shape index (κ1) is 22.6. The molecule has 0 atom stereocenters. The Kier molecular flexibility index (Phi) is 6.96. The maximum Gasteiger partial charge on any atom is 0.293 e. The number of aryl methyl sites for hydroxylation is 1. The molecule has 0 spiro atoms. The predicted octanol–water partition coefficient (Wildman–Crippen LogP) is 3.25. The van der Waals surface area contributed by atoms with E-state index in [1.54, 1.807) is 12.1 Å². The predicted molar refractivity (Wildman–Crippen MR) is 121 cm³/mol. The molecule has 10 heteroatoms. The molecule has 9 nitrogen and oxygen atoms in total. The summed E-state index contributed by atoms with van der Waals surface area (Å²) >= 11 is 0. The molecule has 1 amide bonds. The lowest BCUT2D eigenvalue weighted by Crippen LogP contribution is -2.39. The van der Waals surface area contributed by atoms with E-state index in [0.29, 0.717) is 4.31 Å². The van der Waals surface area contributed by atoms with Crippen molar-refractivity contribution in [2.75, 3.05) is 10.8 Å². The van der Waals surface area contributed by atoms with Crippen LogP contribution in [0.1, 0.15) is 11.1 Å². The normalized spacial score (nSPS) is 11.3. The number of amides is 1. The van der Waals surface area contributed by atoms with Crippen molar-refractivity contribution in [3.05, 3.63) is 100 Å². The van der Waals surface area contributed by atoms with Gasteiger partial charge >= 0.3 is 0 Å². The van der Waals surface area contributed by atoms with Crippen LogP contribution in [-0.2, 0) is 14.8 Å². The lowest BCUT2D eigenvalue weighted by molar-refractivity contribution is -0.384. The summed E-state index contributed by atoms with van der Waals surface area (Å²) in [6.07, 6.45) is 1.42. The molecule has 3 rings (SSSR count). The van der Waals surface area contributed by atoms with Crippen molar-refractivity contribution >= 4 is 33.5 Å². The number of para-hydroxylation sites is 2. The molecule has 0 unspecified atom stereocenters. The van der Waals surface area contributed by atoms with Crippen LogP contribution < -0.4 is 9.73 Å². The van der Waals surface area contributed by atoms with E-state index < -0.39 is 33.1 Å². The molecule has 0 radical (unpaired) electrons. The van der Waals surface area contributed by atoms with Gasteiger partial charge in [0.15, 0.2) is 0 Å². The molecule has 0 saturated heterocycles. The Bertz CT molecular complexity index is 1260. The van der Waals surface area contributed by atoms with Crippen LogP contribution in [0.4, 0.5) is 11.4 Å². The molecule has 0 saturated carbocycles. The molecular weight excluding hydrogens is 432 g/mol. The number of anilines is 1. The highest BCUT2D eigenvalue weighted by Gasteiger charge is 2.31. The van der Waals surface area contributed by atoms with E-state index in [-0.39, 0.29) is 10.6 Å². The molecule has 0 heterocycles. The van der Waals surface area contributed by atoms with Gasteiger partial charge in [0.1, 0.15) is 12.2 Å². The Morgan fingerprint density at radius 3 is 2.44 bits per heavy atom. The molecule has 1 N–H and O–H groups in total. The fourth-order valence-electron chi connectivity index (χ4n) is 2.94. The minimum Gasteiger partial charge on any atom is -0.271 e. The summed E-state index contributed by atoms with van der Waals surface area (Å²) in [5, 5.41) is 15.4. The van der Waals surface area contributed by atoms with Crippen LogP contribution in [0.15, 0.2) is 88.9 Å². The number of nitrogens with zero attached hydrogens (tertiary/aromatic N) is 3. The Hall–Kier alpha value is -4.05. The smallest absolute Gasteiger partial charge is 0.271 e. The third-order valence-corrected chi connectivity index (χ3v) is 6.18. The average molecular weight is 452 g/mol. The number of hydrazone groups is 1. The fourth-order valence-corrected chi connectivity index (χ4v) is 4.40. The SMILES string of the molecule is Cc1cccc(/C=N\NC(=O)CN(c2ccccc2[N+](=O)[O-])S(=O)(=O)c2ccccc2)c1. The molecule has 0 aliphatic heterocycles. The van der Waals surface area contributed by atoms with E-state index in [9.17, 15) is 23.3 Å². The van der Waals surface area contributed by atoms with Gasteiger partial charge in [0, 0.05) is 6.07 Å². The maximum atomic E-state index is 13.3. The number of nitro groups is 1. The quantitative estimate of drug-likeness (QED) is 0.319. The summed E-state index contributed by atoms with van der Waals surface area (Å²) in [4.78, 5) is 23.2. The van der Waals surface area contributed by atoms with Crippen molar-refractivity contribution in [2.24, 2.45) is 5.10 Å². The van der Waals surface area contributed by atoms with Crippen LogP contribution >= 0.6 is 0 Å². The maximum absolute atomic E-state index is 13.3. The zero-order valence-corrected chi connectivity index (χ0v) is 17.9. The van der Waals surface area contributed by atoms with Crippen molar-refractivity contribution in [2.45, 2.75) is 11.8 Å². The first-order valence-corrected chi connectivity index (χ1v) is 10.9. The van der Waals surface area contributed by atoms with Crippen molar-refractivity contribution in [3.63, 3.8) is 0 Å². The number of hydrogen-bond acceptors (Lipinski definition) is 6. The van der Waals surface area contributed by atoms with E-state index >= 15 is 0 Å².